The number of para-hydroxylation sites is 2. The topological polar surface area (TPSA) is 68.8 Å². The molecule has 0 N–H and O–H groups in total. The molecule has 1 aliphatic rings. The Balaban J connectivity index is 1.63. The molecule has 0 spiro atoms. The van der Waals surface area contributed by atoms with Crippen molar-refractivity contribution in [2.24, 2.45) is 7.05 Å². The minimum Gasteiger partial charge on any atom is -0.333 e. The van der Waals surface area contributed by atoms with E-state index in [-0.39, 0.29) is 17.4 Å². The number of hydrogen-bond acceptors (Lipinski definition) is 4. The highest BCUT2D eigenvalue weighted by Gasteiger charge is 2.37. The lowest BCUT2D eigenvalue weighted by molar-refractivity contribution is 0.0512. The molecule has 1 aromatic carbocycles. The van der Waals surface area contributed by atoms with Crippen LogP contribution in [0.3, 0.4) is 0 Å². The molecule has 0 aliphatic carbocycles. The molecule has 1 aliphatic heterocycles. The van der Waals surface area contributed by atoms with E-state index in [2.05, 4.69) is 41.7 Å². The Morgan fingerprint density at radius 3 is 2.56 bits per heavy atom. The molecule has 7 nitrogen and oxygen atoms in total. The van der Waals surface area contributed by atoms with Gasteiger partial charge < -0.3 is 9.47 Å². The maximum Gasteiger partial charge on any atom is 0.276 e. The molecule has 7 heteroatoms. The summed E-state index contributed by atoms with van der Waals surface area (Å²) < 4.78 is 3.85. The largest absolute Gasteiger partial charge is 0.333 e. The first-order valence-electron chi connectivity index (χ1n) is 8.47. The smallest absolute Gasteiger partial charge is 0.276 e. The van der Waals surface area contributed by atoms with Gasteiger partial charge in [-0.2, -0.15) is 0 Å². The highest BCUT2D eigenvalue weighted by molar-refractivity contribution is 5.92. The second-order valence-corrected chi connectivity index (χ2v) is 7.69. The van der Waals surface area contributed by atoms with E-state index in [1.807, 2.05) is 23.1 Å². The first kappa shape index (κ1) is 15.8. The number of fused-ring (bicyclic) bond motifs is 1. The summed E-state index contributed by atoms with van der Waals surface area (Å²) >= 11 is 0. The number of benzene rings is 1. The molecule has 0 bridgehead atoms. The van der Waals surface area contributed by atoms with Crippen LogP contribution in [-0.4, -0.2) is 48.4 Å². The molecular formula is C18H22N6O. The monoisotopic (exact) mass is 338 g/mol. The number of likely N-dealkylation sites (tertiary alicyclic amines) is 1. The molecular weight excluding hydrogens is 316 g/mol. The molecule has 25 heavy (non-hydrogen) atoms. The zero-order chi connectivity index (χ0) is 17.8. The van der Waals surface area contributed by atoms with Crippen molar-refractivity contribution in [3.63, 3.8) is 0 Å². The third kappa shape index (κ3) is 2.59. The summed E-state index contributed by atoms with van der Waals surface area (Å²) in [5.41, 5.74) is 2.47. The Morgan fingerprint density at radius 2 is 1.92 bits per heavy atom. The second kappa shape index (κ2) is 5.40. The number of aromatic nitrogens is 5. The number of hydrogen-bond donors (Lipinski definition) is 0. The van der Waals surface area contributed by atoms with E-state index in [4.69, 9.17) is 4.98 Å². The Morgan fingerprint density at radius 1 is 1.20 bits per heavy atom. The number of nitrogens with zero attached hydrogens (tertiary/aromatic N) is 6. The molecule has 0 radical (unpaired) electrons. The lowest BCUT2D eigenvalue weighted by Crippen LogP contribution is -2.51. The quantitative estimate of drug-likeness (QED) is 0.718. The van der Waals surface area contributed by atoms with Gasteiger partial charge in [-0.25, -0.2) is 4.98 Å². The summed E-state index contributed by atoms with van der Waals surface area (Å²) in [4.78, 5) is 19.2. The highest BCUT2D eigenvalue weighted by Crippen LogP contribution is 2.33. The zero-order valence-electron chi connectivity index (χ0n) is 15.0. The maximum atomic E-state index is 12.5. The van der Waals surface area contributed by atoms with Gasteiger partial charge in [0.05, 0.1) is 23.3 Å². The molecule has 4 rings (SSSR count). The summed E-state index contributed by atoms with van der Waals surface area (Å²) in [6.45, 7) is 7.85. The zero-order valence-corrected chi connectivity index (χ0v) is 15.0. The average Bonchev–Trinajstić information content (AvgIpc) is 3.10. The molecule has 3 heterocycles. The summed E-state index contributed by atoms with van der Waals surface area (Å²) in [6.07, 6.45) is 1.66. The van der Waals surface area contributed by atoms with Gasteiger partial charge in [-0.15, -0.1) is 5.10 Å². The molecule has 1 fully saturated rings. The van der Waals surface area contributed by atoms with E-state index in [9.17, 15) is 4.79 Å². The van der Waals surface area contributed by atoms with Crippen LogP contribution in [0.2, 0.25) is 0 Å². The number of rotatable bonds is 2. The van der Waals surface area contributed by atoms with E-state index in [1.54, 1.807) is 17.9 Å². The third-order valence-corrected chi connectivity index (χ3v) is 4.60. The van der Waals surface area contributed by atoms with Gasteiger partial charge in [0.15, 0.2) is 5.69 Å². The molecule has 1 saturated heterocycles. The van der Waals surface area contributed by atoms with Gasteiger partial charge in [0, 0.05) is 25.6 Å². The van der Waals surface area contributed by atoms with E-state index in [0.29, 0.717) is 18.8 Å². The number of aryl methyl sites for hydroxylation is 1. The van der Waals surface area contributed by atoms with Gasteiger partial charge in [0.1, 0.15) is 5.82 Å². The van der Waals surface area contributed by atoms with Crippen LogP contribution in [0.4, 0.5) is 0 Å². The van der Waals surface area contributed by atoms with E-state index >= 15 is 0 Å². The lowest BCUT2D eigenvalue weighted by Gasteiger charge is -2.41. The minimum absolute atomic E-state index is 0.0612. The molecule has 130 valence electrons. The van der Waals surface area contributed by atoms with Crippen LogP contribution in [0.25, 0.3) is 11.0 Å². The second-order valence-electron chi connectivity index (χ2n) is 7.69. The van der Waals surface area contributed by atoms with Gasteiger partial charge in [-0.05, 0) is 12.1 Å². The molecule has 0 unspecified atom stereocenters. The Hall–Kier alpha value is -2.70. The van der Waals surface area contributed by atoms with Crippen LogP contribution in [0, 0.1) is 0 Å². The van der Waals surface area contributed by atoms with E-state index in [0.717, 1.165) is 16.9 Å². The van der Waals surface area contributed by atoms with Crippen molar-refractivity contribution in [3.05, 3.63) is 42.0 Å². The predicted molar refractivity (Wildman–Crippen MR) is 94.4 cm³/mol. The van der Waals surface area contributed by atoms with Crippen molar-refractivity contribution in [1.82, 2.24) is 29.4 Å². The van der Waals surface area contributed by atoms with Crippen molar-refractivity contribution in [2.75, 3.05) is 13.1 Å². The molecule has 0 atom stereocenters. The SMILES string of the molecule is Cn1cc(C(=O)N2CC(n3c(C(C)(C)C)nc4ccccc43)C2)nn1. The number of imidazole rings is 1. The number of carbonyl (C=O) groups is 1. The van der Waals surface area contributed by atoms with Gasteiger partial charge in [0.25, 0.3) is 5.91 Å². The van der Waals surface area contributed by atoms with Gasteiger partial charge in [-0.1, -0.05) is 38.1 Å². The van der Waals surface area contributed by atoms with Gasteiger partial charge in [-0.3, -0.25) is 9.48 Å². The minimum atomic E-state index is -0.0638. The molecule has 3 aromatic rings. The fourth-order valence-electron chi connectivity index (χ4n) is 3.33. The predicted octanol–water partition coefficient (Wildman–Crippen LogP) is 2.16. The summed E-state index contributed by atoms with van der Waals surface area (Å²) in [5, 5.41) is 7.75. The van der Waals surface area contributed by atoms with Crippen LogP contribution < -0.4 is 0 Å². The molecule has 0 saturated carbocycles. The van der Waals surface area contributed by atoms with Crippen molar-refractivity contribution >= 4 is 16.9 Å². The van der Waals surface area contributed by atoms with Crippen LogP contribution >= 0.6 is 0 Å². The first-order chi connectivity index (χ1) is 11.8. The molecule has 1 amide bonds. The Kier molecular flexibility index (Phi) is 3.42. The third-order valence-electron chi connectivity index (χ3n) is 4.60. The standard InChI is InChI=1S/C18H22N6O/c1-18(2,3)17-19-13-7-5-6-8-15(13)24(17)12-9-23(10-12)16(25)14-11-22(4)21-20-14/h5-8,11-12H,9-10H2,1-4H3. The Labute approximate surface area is 146 Å². The number of amides is 1. The van der Waals surface area contributed by atoms with E-state index < -0.39 is 0 Å². The van der Waals surface area contributed by atoms with Crippen molar-refractivity contribution < 1.29 is 4.79 Å². The van der Waals surface area contributed by atoms with Crippen molar-refractivity contribution in [1.29, 1.82) is 0 Å². The van der Waals surface area contributed by atoms with Gasteiger partial charge in [0.2, 0.25) is 0 Å². The molecule has 2 aromatic heterocycles. The van der Waals surface area contributed by atoms with Crippen molar-refractivity contribution in [3.8, 4) is 0 Å². The van der Waals surface area contributed by atoms with Gasteiger partial charge >= 0.3 is 0 Å². The first-order valence-corrected chi connectivity index (χ1v) is 8.47. The average molecular weight is 338 g/mol. The fraction of sp³-hybridized carbons (Fsp3) is 0.444. The number of carbonyl (C=O) groups excluding carboxylic acids is 1. The van der Waals surface area contributed by atoms with Crippen LogP contribution in [0.1, 0.15) is 43.1 Å². The van der Waals surface area contributed by atoms with Crippen LogP contribution in [0.15, 0.2) is 30.5 Å². The fourth-order valence-corrected chi connectivity index (χ4v) is 3.33. The van der Waals surface area contributed by atoms with E-state index in [1.165, 1.54) is 0 Å². The van der Waals surface area contributed by atoms with Crippen LogP contribution in [0.5, 0.6) is 0 Å². The summed E-state index contributed by atoms with van der Waals surface area (Å²) in [5.74, 6) is 0.997. The Bertz CT molecular complexity index is 942. The lowest BCUT2D eigenvalue weighted by atomic mass is 9.94. The summed E-state index contributed by atoms with van der Waals surface area (Å²) in [7, 11) is 1.76. The van der Waals surface area contributed by atoms with Crippen LogP contribution in [-0.2, 0) is 12.5 Å². The summed E-state index contributed by atoms with van der Waals surface area (Å²) in [6, 6.07) is 8.43. The van der Waals surface area contributed by atoms with Crippen molar-refractivity contribution in [2.45, 2.75) is 32.2 Å². The normalized spacial score (nSPS) is 15.6. The maximum absolute atomic E-state index is 12.5. The highest BCUT2D eigenvalue weighted by atomic mass is 16.2.